The molecule has 2 rings (SSSR count). The molecular formula is C16H31N3O3S. The minimum absolute atomic E-state index is 0.00131. The minimum atomic E-state index is -3.15. The molecule has 0 bridgehead atoms. The van der Waals surface area contributed by atoms with Gasteiger partial charge < -0.3 is 4.90 Å². The van der Waals surface area contributed by atoms with E-state index in [9.17, 15) is 13.2 Å². The van der Waals surface area contributed by atoms with Gasteiger partial charge in [0.2, 0.25) is 15.9 Å². The Morgan fingerprint density at radius 3 is 2.13 bits per heavy atom. The molecule has 0 aromatic carbocycles. The van der Waals surface area contributed by atoms with Gasteiger partial charge in [0.05, 0.1) is 12.3 Å². The lowest BCUT2D eigenvalue weighted by molar-refractivity contribution is -0.139. The van der Waals surface area contributed by atoms with Crippen molar-refractivity contribution in [2.75, 3.05) is 32.4 Å². The molecule has 1 N–H and O–H groups in total. The van der Waals surface area contributed by atoms with Gasteiger partial charge >= 0.3 is 0 Å². The van der Waals surface area contributed by atoms with Gasteiger partial charge in [0, 0.05) is 32.2 Å². The molecule has 6 nitrogen and oxygen atoms in total. The van der Waals surface area contributed by atoms with Crippen LogP contribution >= 0.6 is 0 Å². The summed E-state index contributed by atoms with van der Waals surface area (Å²) >= 11 is 0. The Morgan fingerprint density at radius 1 is 1.13 bits per heavy atom. The van der Waals surface area contributed by atoms with E-state index in [1.165, 1.54) is 12.7 Å². The Morgan fingerprint density at radius 2 is 1.65 bits per heavy atom. The third-order valence-electron chi connectivity index (χ3n) is 5.00. The van der Waals surface area contributed by atoms with Crippen LogP contribution in [0.4, 0.5) is 0 Å². The van der Waals surface area contributed by atoms with Crippen molar-refractivity contribution in [1.29, 1.82) is 0 Å². The molecule has 0 aromatic heterocycles. The lowest BCUT2D eigenvalue weighted by atomic mass is 9.91. The molecule has 0 saturated carbocycles. The first-order valence-corrected chi connectivity index (χ1v) is 10.5. The topological polar surface area (TPSA) is 69.7 Å². The van der Waals surface area contributed by atoms with E-state index in [1.807, 2.05) is 11.8 Å². The number of nitrogens with zero attached hydrogens (tertiary/aromatic N) is 2. The first kappa shape index (κ1) is 18.7. The molecule has 3 unspecified atom stereocenters. The van der Waals surface area contributed by atoms with Crippen LogP contribution in [0, 0.1) is 11.8 Å². The summed E-state index contributed by atoms with van der Waals surface area (Å²) in [7, 11) is -3.15. The van der Waals surface area contributed by atoms with Gasteiger partial charge in [-0.2, -0.15) is 0 Å². The second-order valence-corrected chi connectivity index (χ2v) is 9.35. The lowest BCUT2D eigenvalue weighted by Gasteiger charge is -2.40. The number of hydrogen-bond acceptors (Lipinski definition) is 4. The van der Waals surface area contributed by atoms with E-state index in [-0.39, 0.29) is 18.0 Å². The standard InChI is InChI=1S/C16H31N3O3S/c1-12-9-13(2)11-19(10-12)16(20)14(3)18-7-5-15(6-8-18)17-23(4,21)22/h12-15,17H,5-11H2,1-4H3. The number of likely N-dealkylation sites (tertiary alicyclic amines) is 2. The highest BCUT2D eigenvalue weighted by atomic mass is 32.2. The summed E-state index contributed by atoms with van der Waals surface area (Å²) in [4.78, 5) is 17.0. The van der Waals surface area contributed by atoms with E-state index in [2.05, 4.69) is 23.5 Å². The van der Waals surface area contributed by atoms with Crippen molar-refractivity contribution in [3.63, 3.8) is 0 Å². The fraction of sp³-hybridized carbons (Fsp3) is 0.938. The maximum Gasteiger partial charge on any atom is 0.239 e. The van der Waals surface area contributed by atoms with E-state index in [0.29, 0.717) is 11.8 Å². The van der Waals surface area contributed by atoms with Gasteiger partial charge in [-0.05, 0) is 38.0 Å². The van der Waals surface area contributed by atoms with E-state index in [0.717, 1.165) is 39.0 Å². The zero-order valence-electron chi connectivity index (χ0n) is 14.8. The Kier molecular flexibility index (Phi) is 6.08. The fourth-order valence-corrected chi connectivity index (χ4v) is 4.81. The number of hydrogen-bond donors (Lipinski definition) is 1. The monoisotopic (exact) mass is 345 g/mol. The van der Waals surface area contributed by atoms with Gasteiger partial charge in [0.15, 0.2) is 0 Å². The molecule has 23 heavy (non-hydrogen) atoms. The molecule has 0 aromatic rings. The zero-order chi connectivity index (χ0) is 17.2. The summed E-state index contributed by atoms with van der Waals surface area (Å²) < 4.78 is 25.3. The van der Waals surface area contributed by atoms with Crippen molar-refractivity contribution < 1.29 is 13.2 Å². The van der Waals surface area contributed by atoms with Crippen LogP contribution in [0.3, 0.4) is 0 Å². The second-order valence-electron chi connectivity index (χ2n) is 7.57. The molecule has 2 heterocycles. The highest BCUT2D eigenvalue weighted by molar-refractivity contribution is 7.88. The van der Waals surface area contributed by atoms with E-state index in [1.54, 1.807) is 0 Å². The number of rotatable bonds is 4. The highest BCUT2D eigenvalue weighted by Gasteiger charge is 2.32. The van der Waals surface area contributed by atoms with E-state index in [4.69, 9.17) is 0 Å². The van der Waals surface area contributed by atoms with Crippen molar-refractivity contribution in [3.05, 3.63) is 0 Å². The summed E-state index contributed by atoms with van der Waals surface area (Å²) in [6.07, 6.45) is 3.92. The van der Waals surface area contributed by atoms with Crippen LogP contribution in [0.5, 0.6) is 0 Å². The minimum Gasteiger partial charge on any atom is -0.341 e. The van der Waals surface area contributed by atoms with Crippen LogP contribution in [0.25, 0.3) is 0 Å². The summed E-state index contributed by atoms with van der Waals surface area (Å²) in [6.45, 7) is 9.65. The number of piperidine rings is 2. The van der Waals surface area contributed by atoms with Crippen LogP contribution in [-0.2, 0) is 14.8 Å². The summed E-state index contributed by atoms with van der Waals surface area (Å²) in [5, 5.41) is 0. The molecule has 2 saturated heterocycles. The molecule has 1 amide bonds. The number of nitrogens with one attached hydrogen (secondary N) is 1. The van der Waals surface area contributed by atoms with Gasteiger partial charge in [0.1, 0.15) is 0 Å². The molecule has 2 aliphatic heterocycles. The molecular weight excluding hydrogens is 314 g/mol. The summed E-state index contributed by atoms with van der Waals surface area (Å²) in [5.41, 5.74) is 0. The average Bonchev–Trinajstić information content (AvgIpc) is 2.44. The van der Waals surface area contributed by atoms with E-state index >= 15 is 0 Å². The largest absolute Gasteiger partial charge is 0.341 e. The number of sulfonamides is 1. The fourth-order valence-electron chi connectivity index (χ4n) is 3.97. The second kappa shape index (κ2) is 7.49. The smallest absolute Gasteiger partial charge is 0.239 e. The summed E-state index contributed by atoms with van der Waals surface area (Å²) in [5.74, 6) is 1.36. The quantitative estimate of drug-likeness (QED) is 0.822. The number of carbonyl (C=O) groups is 1. The van der Waals surface area contributed by atoms with Crippen LogP contribution in [0.1, 0.15) is 40.0 Å². The predicted molar refractivity (Wildman–Crippen MR) is 91.6 cm³/mol. The lowest BCUT2D eigenvalue weighted by Crippen LogP contribution is -2.54. The third kappa shape index (κ3) is 5.43. The molecule has 3 atom stereocenters. The predicted octanol–water partition coefficient (Wildman–Crippen LogP) is 0.893. The normalized spacial score (nSPS) is 29.5. The molecule has 7 heteroatoms. The van der Waals surface area contributed by atoms with Crippen molar-refractivity contribution >= 4 is 15.9 Å². The Labute approximate surface area is 140 Å². The van der Waals surface area contributed by atoms with Gasteiger partial charge in [-0.3, -0.25) is 9.69 Å². The molecule has 0 spiro atoms. The van der Waals surface area contributed by atoms with Gasteiger partial charge in [-0.25, -0.2) is 13.1 Å². The third-order valence-corrected chi connectivity index (χ3v) is 5.76. The van der Waals surface area contributed by atoms with Crippen molar-refractivity contribution in [1.82, 2.24) is 14.5 Å². The number of amides is 1. The molecule has 2 aliphatic rings. The maximum atomic E-state index is 12.8. The van der Waals surface area contributed by atoms with Crippen molar-refractivity contribution in [2.24, 2.45) is 11.8 Å². The average molecular weight is 346 g/mol. The molecule has 134 valence electrons. The van der Waals surface area contributed by atoms with Crippen molar-refractivity contribution in [3.8, 4) is 0 Å². The number of carbonyl (C=O) groups excluding carboxylic acids is 1. The Hall–Kier alpha value is -0.660. The molecule has 2 fully saturated rings. The Bertz CT molecular complexity index is 505. The van der Waals surface area contributed by atoms with Gasteiger partial charge in [-0.1, -0.05) is 13.8 Å². The van der Waals surface area contributed by atoms with Crippen LogP contribution < -0.4 is 4.72 Å². The van der Waals surface area contributed by atoms with Crippen LogP contribution in [0.2, 0.25) is 0 Å². The Balaban J connectivity index is 1.86. The van der Waals surface area contributed by atoms with Crippen molar-refractivity contribution in [2.45, 2.75) is 52.1 Å². The maximum absolute atomic E-state index is 12.8. The summed E-state index contributed by atoms with van der Waals surface area (Å²) in [6, 6.07) is -0.120. The SMILES string of the molecule is CC1CC(C)CN(C(=O)C(C)N2CCC(NS(C)(=O)=O)CC2)C1. The van der Waals surface area contributed by atoms with Crippen LogP contribution in [0.15, 0.2) is 0 Å². The van der Waals surface area contributed by atoms with Gasteiger partial charge in [-0.15, -0.1) is 0 Å². The first-order chi connectivity index (χ1) is 10.7. The van der Waals surface area contributed by atoms with Crippen LogP contribution in [-0.4, -0.2) is 68.6 Å². The highest BCUT2D eigenvalue weighted by Crippen LogP contribution is 2.23. The molecule has 0 aliphatic carbocycles. The van der Waals surface area contributed by atoms with Gasteiger partial charge in [0.25, 0.3) is 0 Å². The van der Waals surface area contributed by atoms with E-state index < -0.39 is 10.0 Å². The molecule has 0 radical (unpaired) electrons. The first-order valence-electron chi connectivity index (χ1n) is 8.66. The zero-order valence-corrected chi connectivity index (χ0v) is 15.6.